The number of fused-ring (bicyclic) bond motifs is 1. The van der Waals surface area contributed by atoms with Gasteiger partial charge in [0.15, 0.2) is 0 Å². The molecule has 132 valence electrons. The van der Waals surface area contributed by atoms with Crippen LogP contribution in [0.1, 0.15) is 5.56 Å². The molecule has 0 radical (unpaired) electrons. The molecule has 1 aromatic heterocycles. The summed E-state index contributed by atoms with van der Waals surface area (Å²) in [5.41, 5.74) is 4.62. The molecule has 0 saturated heterocycles. The van der Waals surface area contributed by atoms with Crippen LogP contribution in [-0.2, 0) is 16.1 Å². The van der Waals surface area contributed by atoms with Crippen molar-refractivity contribution >= 4 is 29.1 Å². The summed E-state index contributed by atoms with van der Waals surface area (Å²) in [6.45, 7) is -0.494. The zero-order valence-electron chi connectivity index (χ0n) is 13.7. The lowest BCUT2D eigenvalue weighted by Crippen LogP contribution is -2.29. The van der Waals surface area contributed by atoms with E-state index in [1.165, 1.54) is 6.21 Å². The van der Waals surface area contributed by atoms with Crippen molar-refractivity contribution < 1.29 is 19.4 Å². The molecule has 1 N–H and O–H groups in total. The smallest absolute Gasteiger partial charge is 0.260 e. The van der Waals surface area contributed by atoms with Crippen molar-refractivity contribution in [3.8, 4) is 5.75 Å². The third-order valence-electron chi connectivity index (χ3n) is 3.50. The quantitative estimate of drug-likeness (QED) is 0.487. The van der Waals surface area contributed by atoms with E-state index in [4.69, 9.17) is 4.74 Å². The van der Waals surface area contributed by atoms with Crippen molar-refractivity contribution in [2.75, 3.05) is 6.61 Å². The maximum Gasteiger partial charge on any atom is 0.260 e. The number of carbonyl (C=O) groups is 2. The minimum Gasteiger partial charge on any atom is -0.546 e. The van der Waals surface area contributed by atoms with Gasteiger partial charge < -0.3 is 19.2 Å². The monoisotopic (exact) mass is 351 g/mol. The number of hydrazone groups is 1. The van der Waals surface area contributed by atoms with Crippen molar-refractivity contribution in [2.45, 2.75) is 6.54 Å². The normalized spacial score (nSPS) is 10.9. The van der Waals surface area contributed by atoms with Gasteiger partial charge in [0.1, 0.15) is 18.9 Å². The van der Waals surface area contributed by atoms with E-state index in [1.807, 2.05) is 24.3 Å². The molecule has 8 nitrogen and oxygen atoms in total. The Morgan fingerprint density at radius 1 is 1.19 bits per heavy atom. The molecule has 1 heterocycles. The van der Waals surface area contributed by atoms with Gasteiger partial charge in [0, 0.05) is 5.56 Å². The Balaban J connectivity index is 1.62. The van der Waals surface area contributed by atoms with Gasteiger partial charge in [-0.2, -0.15) is 5.10 Å². The number of aromatic nitrogens is 2. The van der Waals surface area contributed by atoms with Crippen molar-refractivity contribution in [3.63, 3.8) is 0 Å². The Kier molecular flexibility index (Phi) is 5.23. The lowest BCUT2D eigenvalue weighted by atomic mass is 10.2. The van der Waals surface area contributed by atoms with E-state index < -0.39 is 12.6 Å². The largest absolute Gasteiger partial charge is 0.546 e. The summed E-state index contributed by atoms with van der Waals surface area (Å²) < 4.78 is 6.83. The average molecular weight is 351 g/mol. The summed E-state index contributed by atoms with van der Waals surface area (Å²) in [5, 5.41) is 14.4. The molecule has 0 aliphatic rings. The molecule has 0 unspecified atom stereocenters. The van der Waals surface area contributed by atoms with Gasteiger partial charge in [-0.05, 0) is 24.3 Å². The number of hydrogen-bond acceptors (Lipinski definition) is 6. The second-order valence-corrected chi connectivity index (χ2v) is 5.35. The highest BCUT2D eigenvalue weighted by Crippen LogP contribution is 2.15. The fraction of sp³-hybridized carbons (Fsp3) is 0.111. The summed E-state index contributed by atoms with van der Waals surface area (Å²) in [5.74, 6) is -1.31. The van der Waals surface area contributed by atoms with Gasteiger partial charge in [-0.15, -0.1) is 0 Å². The van der Waals surface area contributed by atoms with Crippen molar-refractivity contribution in [1.82, 2.24) is 15.0 Å². The van der Waals surface area contributed by atoms with Crippen LogP contribution in [0.25, 0.3) is 11.0 Å². The summed E-state index contributed by atoms with van der Waals surface area (Å²) in [4.78, 5) is 26.8. The lowest BCUT2D eigenvalue weighted by Gasteiger charge is -2.09. The molecular weight excluding hydrogens is 336 g/mol. The molecule has 0 bridgehead atoms. The van der Waals surface area contributed by atoms with Crippen LogP contribution < -0.4 is 15.3 Å². The van der Waals surface area contributed by atoms with Crippen LogP contribution >= 0.6 is 0 Å². The molecule has 0 spiro atoms. The van der Waals surface area contributed by atoms with E-state index in [0.29, 0.717) is 11.3 Å². The molecule has 3 rings (SSSR count). The number of carbonyl (C=O) groups excluding carboxylic acids is 2. The highest BCUT2D eigenvalue weighted by atomic mass is 16.5. The van der Waals surface area contributed by atoms with Gasteiger partial charge in [0.2, 0.25) is 0 Å². The fourth-order valence-electron chi connectivity index (χ4n) is 2.36. The number of carboxylic acids is 1. The molecule has 1 amide bonds. The zero-order valence-corrected chi connectivity index (χ0v) is 13.7. The van der Waals surface area contributed by atoms with Crippen LogP contribution in [0.2, 0.25) is 0 Å². The number of amides is 1. The molecule has 0 fully saturated rings. The van der Waals surface area contributed by atoms with Gasteiger partial charge in [-0.1, -0.05) is 24.3 Å². The number of nitrogens with zero attached hydrogens (tertiary/aromatic N) is 3. The number of ether oxygens (including phenoxy) is 1. The zero-order chi connectivity index (χ0) is 18.4. The van der Waals surface area contributed by atoms with Crippen molar-refractivity contribution in [1.29, 1.82) is 0 Å². The first kappa shape index (κ1) is 17.2. The van der Waals surface area contributed by atoms with Crippen LogP contribution in [0.5, 0.6) is 5.75 Å². The molecule has 3 aromatic rings. The molecule has 26 heavy (non-hydrogen) atoms. The van der Waals surface area contributed by atoms with Gasteiger partial charge in [-0.25, -0.2) is 10.4 Å². The topological polar surface area (TPSA) is 109 Å². The highest BCUT2D eigenvalue weighted by molar-refractivity contribution is 5.86. The van der Waals surface area contributed by atoms with Gasteiger partial charge in [0.25, 0.3) is 5.91 Å². The molecular formula is C18H15N4O4-. The Morgan fingerprint density at radius 2 is 1.96 bits per heavy atom. The maximum absolute atomic E-state index is 12.1. The Labute approximate surface area is 148 Å². The third kappa shape index (κ3) is 4.23. The van der Waals surface area contributed by atoms with Gasteiger partial charge in [-0.3, -0.25) is 4.79 Å². The van der Waals surface area contributed by atoms with E-state index in [-0.39, 0.29) is 12.5 Å². The Morgan fingerprint density at radius 3 is 2.81 bits per heavy atom. The number of nitrogens with one attached hydrogen (secondary N) is 1. The summed E-state index contributed by atoms with van der Waals surface area (Å²) in [6.07, 6.45) is 2.98. The van der Waals surface area contributed by atoms with Crippen LogP contribution in [0.15, 0.2) is 60.0 Å². The molecule has 8 heteroatoms. The standard InChI is InChI=1S/C18H16N4O4/c23-17(10-22-12-19-14-6-2-3-7-15(14)22)21-20-9-13-5-1-4-8-16(13)26-11-18(24)25/h1-9,12H,10-11H2,(H,21,23)(H,24,25)/p-1. The number of hydrogen-bond donors (Lipinski definition) is 1. The predicted octanol–water partition coefficient (Wildman–Crippen LogP) is 0.315. The van der Waals surface area contributed by atoms with Gasteiger partial charge >= 0.3 is 0 Å². The Hall–Kier alpha value is -3.68. The summed E-state index contributed by atoms with van der Waals surface area (Å²) in [6, 6.07) is 14.2. The summed E-state index contributed by atoms with van der Waals surface area (Å²) in [7, 11) is 0. The molecule has 0 aliphatic carbocycles. The van der Waals surface area contributed by atoms with E-state index in [2.05, 4.69) is 15.5 Å². The van der Waals surface area contributed by atoms with E-state index in [9.17, 15) is 14.7 Å². The minimum atomic E-state index is -1.32. The van der Waals surface area contributed by atoms with Crippen LogP contribution in [-0.4, -0.2) is 34.2 Å². The van der Waals surface area contributed by atoms with E-state index in [1.54, 1.807) is 35.2 Å². The highest BCUT2D eigenvalue weighted by Gasteiger charge is 2.06. The van der Waals surface area contributed by atoms with Crippen LogP contribution in [0, 0.1) is 0 Å². The first-order valence-corrected chi connectivity index (χ1v) is 7.77. The van der Waals surface area contributed by atoms with Crippen LogP contribution in [0.4, 0.5) is 0 Å². The van der Waals surface area contributed by atoms with Crippen molar-refractivity contribution in [2.24, 2.45) is 5.10 Å². The predicted molar refractivity (Wildman–Crippen MR) is 92.4 cm³/mol. The number of rotatable bonds is 7. The molecule has 0 aliphatic heterocycles. The lowest BCUT2D eigenvalue weighted by molar-refractivity contribution is -0.307. The summed E-state index contributed by atoms with van der Waals surface area (Å²) >= 11 is 0. The minimum absolute atomic E-state index is 0.0701. The number of carboxylic acid groups (broad SMARTS) is 1. The number of aliphatic carboxylic acids is 1. The van der Waals surface area contributed by atoms with Crippen LogP contribution in [0.3, 0.4) is 0 Å². The SMILES string of the molecule is O=C([O-])COc1ccccc1C=NNC(=O)Cn1cnc2ccccc21. The number of benzene rings is 2. The number of para-hydroxylation sites is 3. The second-order valence-electron chi connectivity index (χ2n) is 5.35. The van der Waals surface area contributed by atoms with E-state index in [0.717, 1.165) is 11.0 Å². The Bertz CT molecular complexity index is 964. The molecule has 0 saturated carbocycles. The number of imidazole rings is 1. The molecule has 2 aromatic carbocycles. The first-order valence-electron chi connectivity index (χ1n) is 7.77. The fourth-order valence-corrected chi connectivity index (χ4v) is 2.36. The van der Waals surface area contributed by atoms with E-state index >= 15 is 0 Å². The van der Waals surface area contributed by atoms with Gasteiger partial charge in [0.05, 0.1) is 29.5 Å². The molecule has 0 atom stereocenters. The third-order valence-corrected chi connectivity index (χ3v) is 3.50. The van der Waals surface area contributed by atoms with Crippen molar-refractivity contribution in [3.05, 3.63) is 60.4 Å². The average Bonchev–Trinajstić information content (AvgIpc) is 3.04. The first-order chi connectivity index (χ1) is 12.6. The maximum atomic E-state index is 12.1. The second kappa shape index (κ2) is 7.93.